The molecule has 1 N–H and O–H groups in total. The summed E-state index contributed by atoms with van der Waals surface area (Å²) in [7, 11) is 0. The van der Waals surface area contributed by atoms with E-state index in [-0.39, 0.29) is 0 Å². The van der Waals surface area contributed by atoms with Gasteiger partial charge in [-0.3, -0.25) is 0 Å². The largest absolute Gasteiger partial charge is 0.351 e. The molecule has 17 heavy (non-hydrogen) atoms. The molecule has 2 aromatic rings. The van der Waals surface area contributed by atoms with E-state index in [1.807, 2.05) is 18.2 Å². The number of fused-ring (bicyclic) bond motifs is 1. The third-order valence-electron chi connectivity index (χ3n) is 3.00. The van der Waals surface area contributed by atoms with Crippen LogP contribution in [0.5, 0.6) is 0 Å². The Hall–Kier alpha value is -1.61. The van der Waals surface area contributed by atoms with Crippen molar-refractivity contribution in [1.82, 2.24) is 9.97 Å². The first-order valence-electron chi connectivity index (χ1n) is 5.62. The quantitative estimate of drug-likeness (QED) is 0.884. The average Bonchev–Trinajstić information content (AvgIpc) is 2.71. The minimum absolute atomic E-state index is 0.367. The first-order valence-corrected chi connectivity index (χ1v) is 6.00. The Balaban J connectivity index is 1.74. The normalized spacial score (nSPS) is 17.8. The van der Waals surface area contributed by atoms with Crippen LogP contribution >= 0.6 is 11.6 Å². The van der Waals surface area contributed by atoms with Crippen molar-refractivity contribution in [3.8, 4) is 0 Å². The van der Waals surface area contributed by atoms with Crippen LogP contribution in [0.15, 0.2) is 36.7 Å². The number of hydrogen-bond acceptors (Lipinski definition) is 3. The van der Waals surface area contributed by atoms with Crippen LogP contribution < -0.4 is 5.32 Å². The summed E-state index contributed by atoms with van der Waals surface area (Å²) < 4.78 is 0. The predicted octanol–water partition coefficient (Wildman–Crippen LogP) is 2.71. The van der Waals surface area contributed by atoms with Crippen molar-refractivity contribution in [2.75, 3.05) is 5.32 Å². The van der Waals surface area contributed by atoms with E-state index < -0.39 is 0 Å². The Morgan fingerprint density at radius 3 is 2.71 bits per heavy atom. The summed E-state index contributed by atoms with van der Waals surface area (Å²) in [5, 5.41) is 4.15. The van der Waals surface area contributed by atoms with Crippen molar-refractivity contribution in [3.63, 3.8) is 0 Å². The first-order chi connectivity index (χ1) is 8.31. The molecule has 1 aromatic heterocycles. The van der Waals surface area contributed by atoms with Gasteiger partial charge in [0.05, 0.1) is 0 Å². The molecule has 0 unspecified atom stereocenters. The summed E-state index contributed by atoms with van der Waals surface area (Å²) in [5.74, 6) is 0.691. The van der Waals surface area contributed by atoms with Gasteiger partial charge in [0.25, 0.3) is 0 Å². The van der Waals surface area contributed by atoms with Gasteiger partial charge in [-0.05, 0) is 42.2 Å². The third-order valence-corrected chi connectivity index (χ3v) is 3.24. The van der Waals surface area contributed by atoms with Gasteiger partial charge in [0.15, 0.2) is 0 Å². The van der Waals surface area contributed by atoms with Gasteiger partial charge in [-0.2, -0.15) is 0 Å². The summed E-state index contributed by atoms with van der Waals surface area (Å²) in [4.78, 5) is 8.35. The van der Waals surface area contributed by atoms with Gasteiger partial charge in [-0.25, -0.2) is 9.97 Å². The number of aromatic nitrogens is 2. The van der Waals surface area contributed by atoms with E-state index in [1.165, 1.54) is 11.1 Å². The standard InChI is InChI=1S/C13H12ClN3/c14-11-3-2-9-7-12(8-10(9)6-11)17-13-15-4-1-5-16-13/h1-6,12H,7-8H2,(H,15,16,17)/t12-/m1/s1. The predicted molar refractivity (Wildman–Crippen MR) is 68.3 cm³/mol. The minimum Gasteiger partial charge on any atom is -0.351 e. The molecule has 0 spiro atoms. The first kappa shape index (κ1) is 10.5. The van der Waals surface area contributed by atoms with Crippen LogP contribution in [0.4, 0.5) is 5.95 Å². The van der Waals surface area contributed by atoms with E-state index >= 15 is 0 Å². The third kappa shape index (κ3) is 2.24. The van der Waals surface area contributed by atoms with Gasteiger partial charge < -0.3 is 5.32 Å². The van der Waals surface area contributed by atoms with E-state index in [0.717, 1.165) is 17.9 Å². The molecule has 0 amide bonds. The fourth-order valence-electron chi connectivity index (χ4n) is 2.25. The van der Waals surface area contributed by atoms with Gasteiger partial charge in [0.2, 0.25) is 5.95 Å². The Bertz CT molecular complexity index is 527. The zero-order valence-electron chi connectivity index (χ0n) is 9.23. The molecule has 1 aliphatic rings. The highest BCUT2D eigenvalue weighted by Gasteiger charge is 2.21. The maximum atomic E-state index is 5.99. The maximum absolute atomic E-state index is 5.99. The molecule has 0 radical (unpaired) electrons. The van der Waals surface area contributed by atoms with E-state index in [4.69, 9.17) is 11.6 Å². The zero-order chi connectivity index (χ0) is 11.7. The average molecular weight is 246 g/mol. The fourth-order valence-corrected chi connectivity index (χ4v) is 2.44. The maximum Gasteiger partial charge on any atom is 0.222 e. The Morgan fingerprint density at radius 1 is 1.12 bits per heavy atom. The summed E-state index contributed by atoms with van der Waals surface area (Å²) in [6.07, 6.45) is 5.47. The minimum atomic E-state index is 0.367. The van der Waals surface area contributed by atoms with Gasteiger partial charge in [0, 0.05) is 23.5 Å². The summed E-state index contributed by atoms with van der Waals surface area (Å²) >= 11 is 5.99. The molecule has 3 rings (SSSR count). The molecular formula is C13H12ClN3. The van der Waals surface area contributed by atoms with Crippen LogP contribution in [0.1, 0.15) is 11.1 Å². The van der Waals surface area contributed by atoms with E-state index in [2.05, 4.69) is 21.4 Å². The number of rotatable bonds is 2. The van der Waals surface area contributed by atoms with Gasteiger partial charge in [-0.1, -0.05) is 17.7 Å². The smallest absolute Gasteiger partial charge is 0.222 e. The topological polar surface area (TPSA) is 37.8 Å². The lowest BCUT2D eigenvalue weighted by atomic mass is 10.1. The second kappa shape index (κ2) is 4.34. The molecule has 1 aromatic carbocycles. The van der Waals surface area contributed by atoms with Crippen molar-refractivity contribution in [3.05, 3.63) is 52.8 Å². The van der Waals surface area contributed by atoms with Gasteiger partial charge in [-0.15, -0.1) is 0 Å². The van der Waals surface area contributed by atoms with Gasteiger partial charge in [0.1, 0.15) is 0 Å². The molecule has 0 bridgehead atoms. The second-order valence-corrected chi connectivity index (χ2v) is 4.67. The Labute approximate surface area is 105 Å². The number of nitrogens with one attached hydrogen (secondary N) is 1. The molecule has 1 heterocycles. The van der Waals surface area contributed by atoms with Crippen LogP contribution in [0.25, 0.3) is 0 Å². The molecule has 3 nitrogen and oxygen atoms in total. The van der Waals surface area contributed by atoms with Crippen LogP contribution in [0, 0.1) is 0 Å². The molecule has 0 saturated heterocycles. The van der Waals surface area contributed by atoms with Crippen molar-refractivity contribution in [2.24, 2.45) is 0 Å². The number of hydrogen-bond donors (Lipinski definition) is 1. The monoisotopic (exact) mass is 245 g/mol. The number of halogens is 1. The molecule has 0 saturated carbocycles. The van der Waals surface area contributed by atoms with E-state index in [9.17, 15) is 0 Å². The van der Waals surface area contributed by atoms with Crippen LogP contribution in [0.2, 0.25) is 5.02 Å². The second-order valence-electron chi connectivity index (χ2n) is 4.23. The highest BCUT2D eigenvalue weighted by molar-refractivity contribution is 6.30. The van der Waals surface area contributed by atoms with Gasteiger partial charge >= 0.3 is 0 Å². The highest BCUT2D eigenvalue weighted by atomic mass is 35.5. The molecular weight excluding hydrogens is 234 g/mol. The molecule has 86 valence electrons. The highest BCUT2D eigenvalue weighted by Crippen LogP contribution is 2.26. The van der Waals surface area contributed by atoms with Crippen LogP contribution in [0.3, 0.4) is 0 Å². The van der Waals surface area contributed by atoms with Crippen molar-refractivity contribution < 1.29 is 0 Å². The number of benzene rings is 1. The summed E-state index contributed by atoms with van der Waals surface area (Å²) in [6.45, 7) is 0. The van der Waals surface area contributed by atoms with Crippen molar-refractivity contribution in [1.29, 1.82) is 0 Å². The summed E-state index contributed by atoms with van der Waals surface area (Å²) in [6, 6.07) is 8.28. The summed E-state index contributed by atoms with van der Waals surface area (Å²) in [5.41, 5.74) is 2.69. The number of nitrogens with zero attached hydrogens (tertiary/aromatic N) is 2. The fraction of sp³-hybridized carbons (Fsp3) is 0.231. The lowest BCUT2D eigenvalue weighted by molar-refractivity contribution is 0.761. The van der Waals surface area contributed by atoms with Crippen LogP contribution in [-0.2, 0) is 12.8 Å². The number of anilines is 1. The van der Waals surface area contributed by atoms with E-state index in [0.29, 0.717) is 12.0 Å². The van der Waals surface area contributed by atoms with E-state index in [1.54, 1.807) is 12.4 Å². The molecule has 4 heteroatoms. The Morgan fingerprint density at radius 2 is 1.88 bits per heavy atom. The molecule has 1 aliphatic carbocycles. The van der Waals surface area contributed by atoms with Crippen molar-refractivity contribution in [2.45, 2.75) is 18.9 Å². The lowest BCUT2D eigenvalue weighted by Crippen LogP contribution is -2.20. The Kier molecular flexibility index (Phi) is 2.69. The molecule has 0 fully saturated rings. The lowest BCUT2D eigenvalue weighted by Gasteiger charge is -2.10. The molecule has 0 aliphatic heterocycles. The molecule has 1 atom stereocenters. The van der Waals surface area contributed by atoms with Crippen molar-refractivity contribution >= 4 is 17.5 Å². The zero-order valence-corrected chi connectivity index (χ0v) is 9.98. The SMILES string of the molecule is Clc1ccc2c(c1)C[C@H](Nc1ncccn1)C2. The van der Waals surface area contributed by atoms with Crippen LogP contribution in [-0.4, -0.2) is 16.0 Å².